The lowest BCUT2D eigenvalue weighted by atomic mass is 10.0. The minimum atomic E-state index is -0.244. The highest BCUT2D eigenvalue weighted by molar-refractivity contribution is 7.03. The van der Waals surface area contributed by atoms with Crippen molar-refractivity contribution >= 4 is 28.2 Å². The number of carbonyl (C=O) groups excluding carboxylic acids is 1. The first-order chi connectivity index (χ1) is 15.0. The van der Waals surface area contributed by atoms with E-state index < -0.39 is 0 Å². The minimum Gasteiger partial charge on any atom is -0.338 e. The Morgan fingerprint density at radius 2 is 2.06 bits per heavy atom. The van der Waals surface area contributed by atoms with Gasteiger partial charge in [0.05, 0.1) is 17.9 Å². The Morgan fingerprint density at radius 3 is 2.81 bits per heavy atom. The van der Waals surface area contributed by atoms with Crippen molar-refractivity contribution in [2.45, 2.75) is 38.3 Å². The van der Waals surface area contributed by atoms with Crippen LogP contribution in [0.5, 0.6) is 0 Å². The van der Waals surface area contributed by atoms with Crippen LogP contribution in [-0.2, 0) is 11.3 Å². The van der Waals surface area contributed by atoms with E-state index >= 15 is 0 Å². The third kappa shape index (κ3) is 2.83. The number of pyridine rings is 1. The molecule has 1 amide bonds. The van der Waals surface area contributed by atoms with Gasteiger partial charge in [-0.2, -0.15) is 4.37 Å². The van der Waals surface area contributed by atoms with E-state index in [4.69, 9.17) is 4.98 Å². The van der Waals surface area contributed by atoms with Crippen LogP contribution < -0.4 is 4.87 Å². The molecule has 3 aromatic heterocycles. The molecule has 0 saturated heterocycles. The molecule has 1 aliphatic carbocycles. The maximum atomic E-state index is 12.7. The van der Waals surface area contributed by atoms with Crippen LogP contribution in [0.1, 0.15) is 43.2 Å². The number of hydrogen-bond acceptors (Lipinski definition) is 6. The number of aromatic nitrogens is 5. The Balaban J connectivity index is 1.54. The van der Waals surface area contributed by atoms with Crippen molar-refractivity contribution in [3.63, 3.8) is 0 Å². The molecule has 0 radical (unpaired) electrons. The van der Waals surface area contributed by atoms with Gasteiger partial charge in [-0.15, -0.1) is 0 Å². The van der Waals surface area contributed by atoms with Gasteiger partial charge in [0.1, 0.15) is 17.6 Å². The van der Waals surface area contributed by atoms with Gasteiger partial charge in [0.25, 0.3) is 0 Å². The molecule has 1 saturated carbocycles. The fourth-order valence-electron chi connectivity index (χ4n) is 4.49. The molecular weight excluding hydrogens is 412 g/mol. The molecule has 4 aromatic rings. The van der Waals surface area contributed by atoms with Crippen molar-refractivity contribution < 1.29 is 4.79 Å². The number of imidazole rings is 1. The van der Waals surface area contributed by atoms with Crippen LogP contribution in [0.15, 0.2) is 35.3 Å². The number of aromatic amines is 1. The molecule has 8 nitrogen and oxygen atoms in total. The number of nitrogens with zero attached hydrogens (tertiary/aromatic N) is 5. The number of amides is 1. The first-order valence-electron chi connectivity index (χ1n) is 10.3. The topological polar surface area (TPSA) is 96.8 Å². The summed E-state index contributed by atoms with van der Waals surface area (Å²) in [7, 11) is 1.85. The molecule has 1 aromatic carbocycles. The van der Waals surface area contributed by atoms with Gasteiger partial charge in [-0.05, 0) is 31.2 Å². The van der Waals surface area contributed by atoms with Crippen molar-refractivity contribution in [2.24, 2.45) is 0 Å². The summed E-state index contributed by atoms with van der Waals surface area (Å²) in [4.78, 5) is 38.1. The molecule has 1 fully saturated rings. The van der Waals surface area contributed by atoms with Crippen LogP contribution in [0.3, 0.4) is 0 Å². The summed E-state index contributed by atoms with van der Waals surface area (Å²) in [6.07, 6.45) is 4.07. The van der Waals surface area contributed by atoms with Crippen molar-refractivity contribution in [3.05, 3.63) is 51.6 Å². The molecule has 4 heterocycles. The summed E-state index contributed by atoms with van der Waals surface area (Å²) in [6.45, 7) is 2.50. The average Bonchev–Trinajstić information content (AvgIpc) is 3.42. The molecule has 1 N–H and O–H groups in total. The summed E-state index contributed by atoms with van der Waals surface area (Å²) in [5, 5.41) is 1.98. The van der Waals surface area contributed by atoms with E-state index in [1.165, 1.54) is 0 Å². The number of benzene rings is 1. The van der Waals surface area contributed by atoms with Gasteiger partial charge in [-0.3, -0.25) is 19.6 Å². The predicted octanol–water partition coefficient (Wildman–Crippen LogP) is 3.32. The maximum absolute atomic E-state index is 12.7. The van der Waals surface area contributed by atoms with Crippen molar-refractivity contribution in [2.75, 3.05) is 7.05 Å². The number of rotatable bonds is 3. The Labute approximate surface area is 181 Å². The largest absolute Gasteiger partial charge is 0.338 e. The molecule has 1 unspecified atom stereocenters. The maximum Gasteiger partial charge on any atom is 0.323 e. The van der Waals surface area contributed by atoms with Crippen LogP contribution in [0.4, 0.5) is 0 Å². The number of hydrogen-bond donors (Lipinski definition) is 1. The molecule has 0 bridgehead atoms. The summed E-state index contributed by atoms with van der Waals surface area (Å²) < 4.78 is 6.31. The van der Waals surface area contributed by atoms with Gasteiger partial charge < -0.3 is 9.47 Å². The van der Waals surface area contributed by atoms with Crippen LogP contribution in [-0.4, -0.2) is 41.7 Å². The van der Waals surface area contributed by atoms with E-state index in [-0.39, 0.29) is 16.8 Å². The molecular formula is C22H20N6O2S. The number of H-pyrrole nitrogens is 1. The molecule has 31 heavy (non-hydrogen) atoms. The van der Waals surface area contributed by atoms with Gasteiger partial charge >= 0.3 is 4.87 Å². The third-order valence-corrected chi connectivity index (χ3v) is 6.73. The molecule has 1 aliphatic heterocycles. The SMILES string of the molecule is CC1C(=O)N(C)Cc2c(-c3cccc4cc(-c5nsc(=O)[nH]5)ncc34)nc(C3CC3)n21. The van der Waals surface area contributed by atoms with E-state index in [0.29, 0.717) is 24.0 Å². The van der Waals surface area contributed by atoms with Gasteiger partial charge in [0.2, 0.25) is 5.91 Å². The van der Waals surface area contributed by atoms with Crippen molar-refractivity contribution in [1.82, 2.24) is 28.8 Å². The Kier molecular flexibility index (Phi) is 3.92. The second-order valence-electron chi connectivity index (χ2n) is 8.32. The zero-order valence-electron chi connectivity index (χ0n) is 17.1. The Hall–Kier alpha value is -3.33. The number of nitrogens with one attached hydrogen (secondary N) is 1. The quantitative estimate of drug-likeness (QED) is 0.536. The van der Waals surface area contributed by atoms with Gasteiger partial charge in [-0.25, -0.2) is 4.98 Å². The van der Waals surface area contributed by atoms with Crippen molar-refractivity contribution in [3.8, 4) is 22.8 Å². The van der Waals surface area contributed by atoms with E-state index in [1.807, 2.05) is 38.4 Å². The summed E-state index contributed by atoms with van der Waals surface area (Å²) in [5.74, 6) is 2.07. The van der Waals surface area contributed by atoms with Gasteiger partial charge in [0, 0.05) is 41.6 Å². The Morgan fingerprint density at radius 1 is 1.23 bits per heavy atom. The first kappa shape index (κ1) is 18.4. The number of carbonyl (C=O) groups is 1. The second-order valence-corrected chi connectivity index (χ2v) is 9.06. The Bertz CT molecular complexity index is 1410. The minimum absolute atomic E-state index is 0.125. The molecule has 156 valence electrons. The standard InChI is InChI=1S/C22H20N6O2S/c1-11-21(29)27(2)10-17-18(24-20(28(11)17)12-6-7-12)14-5-3-4-13-8-16(23-9-15(13)14)19-25-22(30)31-26-19/h3-5,8-9,11-12H,6-7,10H2,1-2H3,(H,25,26,30). The smallest absolute Gasteiger partial charge is 0.323 e. The fourth-order valence-corrected chi connectivity index (χ4v) is 4.95. The monoisotopic (exact) mass is 432 g/mol. The zero-order valence-corrected chi connectivity index (χ0v) is 17.9. The van der Waals surface area contributed by atoms with E-state index in [9.17, 15) is 9.59 Å². The molecule has 2 aliphatic rings. The zero-order chi connectivity index (χ0) is 21.3. The van der Waals surface area contributed by atoms with Crippen LogP contribution in [0.25, 0.3) is 33.5 Å². The third-order valence-electron chi connectivity index (χ3n) is 6.19. The van der Waals surface area contributed by atoms with E-state index in [0.717, 1.165) is 57.9 Å². The molecule has 1 atom stereocenters. The average molecular weight is 433 g/mol. The normalized spacial score (nSPS) is 18.6. The fraction of sp³-hybridized carbons (Fsp3) is 0.318. The lowest BCUT2D eigenvalue weighted by Crippen LogP contribution is -2.39. The second kappa shape index (κ2) is 6.58. The number of fused-ring (bicyclic) bond motifs is 2. The highest BCUT2D eigenvalue weighted by Gasteiger charge is 2.38. The highest BCUT2D eigenvalue weighted by atomic mass is 32.1. The highest BCUT2D eigenvalue weighted by Crippen LogP contribution is 2.45. The molecule has 6 rings (SSSR count). The lowest BCUT2D eigenvalue weighted by molar-refractivity contribution is -0.135. The van der Waals surface area contributed by atoms with Crippen LogP contribution in [0, 0.1) is 0 Å². The van der Waals surface area contributed by atoms with Crippen LogP contribution in [0.2, 0.25) is 0 Å². The summed E-state index contributed by atoms with van der Waals surface area (Å²) >= 11 is 0.886. The lowest BCUT2D eigenvalue weighted by Gasteiger charge is -2.31. The van der Waals surface area contributed by atoms with E-state index in [1.54, 1.807) is 4.90 Å². The number of likely N-dealkylation sites (N-methyl/N-ethyl adjacent to an activating group) is 1. The van der Waals surface area contributed by atoms with Crippen molar-refractivity contribution in [1.29, 1.82) is 0 Å². The summed E-state index contributed by atoms with van der Waals surface area (Å²) in [5.41, 5.74) is 3.65. The van der Waals surface area contributed by atoms with Crippen LogP contribution >= 0.6 is 11.5 Å². The van der Waals surface area contributed by atoms with Gasteiger partial charge in [0.15, 0.2) is 5.82 Å². The van der Waals surface area contributed by atoms with Gasteiger partial charge in [-0.1, -0.05) is 18.2 Å². The predicted molar refractivity (Wildman–Crippen MR) is 118 cm³/mol. The molecule has 9 heteroatoms. The molecule has 0 spiro atoms. The summed E-state index contributed by atoms with van der Waals surface area (Å²) in [6, 6.07) is 7.79. The first-order valence-corrected chi connectivity index (χ1v) is 11.1. The van der Waals surface area contributed by atoms with E-state index in [2.05, 4.69) is 25.0 Å².